The Hall–Kier alpha value is -3.15. The zero-order chi connectivity index (χ0) is 14.9. The lowest BCUT2D eigenvalue weighted by atomic mass is 10.1. The molecule has 22 heavy (non-hydrogen) atoms. The number of aryl methyl sites for hydroxylation is 1. The van der Waals surface area contributed by atoms with Crippen molar-refractivity contribution < 1.29 is 0 Å². The Morgan fingerprint density at radius 2 is 2.05 bits per heavy atom. The molecule has 0 saturated carbocycles. The van der Waals surface area contributed by atoms with Crippen LogP contribution in [0.4, 0.5) is 11.6 Å². The number of fused-ring (bicyclic) bond motifs is 1. The molecule has 6 nitrogen and oxygen atoms in total. The third-order valence-corrected chi connectivity index (χ3v) is 3.48. The van der Waals surface area contributed by atoms with Crippen LogP contribution in [0, 0.1) is 0 Å². The Bertz CT molecular complexity index is 923. The average Bonchev–Trinajstić information content (AvgIpc) is 3.18. The molecule has 0 unspecified atom stereocenters. The first kappa shape index (κ1) is 12.6. The summed E-state index contributed by atoms with van der Waals surface area (Å²) in [6, 6.07) is 12.1. The average molecular weight is 290 g/mol. The summed E-state index contributed by atoms with van der Waals surface area (Å²) in [6.07, 6.45) is 5.56. The minimum atomic E-state index is 0.736. The lowest BCUT2D eigenvalue weighted by Crippen LogP contribution is -1.96. The standard InChI is InChI=1S/C16H14N6/c1-22-10-12(9-18-22)16-13-5-3-2-4-11(13)8-15(20-16)19-14-6-7-17-21-14/h2-10H,1H3,(H2,17,19,20,21). The van der Waals surface area contributed by atoms with Crippen LogP contribution >= 0.6 is 0 Å². The van der Waals surface area contributed by atoms with Gasteiger partial charge in [-0.3, -0.25) is 9.78 Å². The van der Waals surface area contributed by atoms with E-state index in [1.807, 2.05) is 43.7 Å². The number of pyridine rings is 1. The van der Waals surface area contributed by atoms with Crippen molar-refractivity contribution in [2.24, 2.45) is 7.05 Å². The molecule has 0 radical (unpaired) electrons. The molecule has 1 aromatic carbocycles. The zero-order valence-electron chi connectivity index (χ0n) is 12.0. The van der Waals surface area contributed by atoms with Crippen molar-refractivity contribution in [1.82, 2.24) is 25.0 Å². The van der Waals surface area contributed by atoms with Gasteiger partial charge in [0.2, 0.25) is 0 Å². The molecule has 0 saturated heterocycles. The van der Waals surface area contributed by atoms with Gasteiger partial charge in [0, 0.05) is 36.5 Å². The van der Waals surface area contributed by atoms with Crippen molar-refractivity contribution >= 4 is 22.4 Å². The summed E-state index contributed by atoms with van der Waals surface area (Å²) in [5.74, 6) is 1.49. The smallest absolute Gasteiger partial charge is 0.153 e. The van der Waals surface area contributed by atoms with Crippen molar-refractivity contribution in [1.29, 1.82) is 0 Å². The Balaban J connectivity index is 1.89. The van der Waals surface area contributed by atoms with Crippen LogP contribution < -0.4 is 5.32 Å². The molecule has 3 aromatic heterocycles. The topological polar surface area (TPSA) is 71.4 Å². The lowest BCUT2D eigenvalue weighted by molar-refractivity contribution is 0.768. The molecule has 0 amide bonds. The fourth-order valence-electron chi connectivity index (χ4n) is 2.49. The van der Waals surface area contributed by atoms with E-state index in [-0.39, 0.29) is 0 Å². The quantitative estimate of drug-likeness (QED) is 0.608. The summed E-state index contributed by atoms with van der Waals surface area (Å²) in [6.45, 7) is 0. The highest BCUT2D eigenvalue weighted by molar-refractivity contribution is 5.96. The van der Waals surface area contributed by atoms with E-state index >= 15 is 0 Å². The van der Waals surface area contributed by atoms with Crippen molar-refractivity contribution in [3.05, 3.63) is 55.0 Å². The highest BCUT2D eigenvalue weighted by Crippen LogP contribution is 2.29. The lowest BCUT2D eigenvalue weighted by Gasteiger charge is -2.08. The molecule has 6 heteroatoms. The largest absolute Gasteiger partial charge is 0.323 e. The monoisotopic (exact) mass is 290 g/mol. The van der Waals surface area contributed by atoms with Gasteiger partial charge in [0.1, 0.15) is 5.82 Å². The normalized spacial score (nSPS) is 11.0. The molecule has 4 rings (SSSR count). The van der Waals surface area contributed by atoms with E-state index in [1.165, 1.54) is 0 Å². The summed E-state index contributed by atoms with van der Waals surface area (Å²) in [4.78, 5) is 4.74. The number of benzene rings is 1. The first-order valence-electron chi connectivity index (χ1n) is 6.95. The molecule has 0 bridgehead atoms. The maximum absolute atomic E-state index is 4.74. The van der Waals surface area contributed by atoms with Gasteiger partial charge in [-0.05, 0) is 11.5 Å². The Kier molecular flexibility index (Phi) is 2.86. The third-order valence-electron chi connectivity index (χ3n) is 3.48. The molecule has 108 valence electrons. The maximum atomic E-state index is 4.74. The molecule has 0 atom stereocenters. The number of aromatic nitrogens is 5. The van der Waals surface area contributed by atoms with Gasteiger partial charge in [-0.15, -0.1) is 0 Å². The van der Waals surface area contributed by atoms with Gasteiger partial charge in [-0.1, -0.05) is 24.3 Å². The highest BCUT2D eigenvalue weighted by Gasteiger charge is 2.10. The molecule has 4 aromatic rings. The van der Waals surface area contributed by atoms with Crippen molar-refractivity contribution in [3.8, 4) is 11.3 Å². The van der Waals surface area contributed by atoms with Crippen molar-refractivity contribution in [3.63, 3.8) is 0 Å². The number of hydrogen-bond acceptors (Lipinski definition) is 4. The number of rotatable bonds is 3. The van der Waals surface area contributed by atoms with Crippen molar-refractivity contribution in [2.75, 3.05) is 5.32 Å². The van der Waals surface area contributed by atoms with E-state index in [1.54, 1.807) is 10.9 Å². The van der Waals surface area contributed by atoms with Crippen LogP contribution in [0.2, 0.25) is 0 Å². The Morgan fingerprint density at radius 1 is 1.14 bits per heavy atom. The number of aromatic amines is 1. The Morgan fingerprint density at radius 3 is 2.82 bits per heavy atom. The number of anilines is 2. The second-order valence-electron chi connectivity index (χ2n) is 5.06. The maximum Gasteiger partial charge on any atom is 0.153 e. The van der Waals surface area contributed by atoms with Crippen LogP contribution in [0.15, 0.2) is 55.0 Å². The fraction of sp³-hybridized carbons (Fsp3) is 0.0625. The van der Waals surface area contributed by atoms with Crippen LogP contribution in [0.1, 0.15) is 0 Å². The molecular formula is C16H14N6. The number of nitrogens with zero attached hydrogens (tertiary/aromatic N) is 4. The van der Waals surface area contributed by atoms with E-state index < -0.39 is 0 Å². The minimum absolute atomic E-state index is 0.736. The second kappa shape index (κ2) is 5.00. The van der Waals surface area contributed by atoms with Crippen LogP contribution in [0.3, 0.4) is 0 Å². The first-order valence-corrected chi connectivity index (χ1v) is 6.95. The number of H-pyrrole nitrogens is 1. The fourth-order valence-corrected chi connectivity index (χ4v) is 2.49. The van der Waals surface area contributed by atoms with Crippen LogP contribution in [-0.2, 0) is 7.05 Å². The molecule has 3 heterocycles. The zero-order valence-corrected chi connectivity index (χ0v) is 12.0. The molecule has 0 aliphatic heterocycles. The molecule has 0 aliphatic rings. The molecular weight excluding hydrogens is 276 g/mol. The predicted molar refractivity (Wildman–Crippen MR) is 85.8 cm³/mol. The first-order chi connectivity index (χ1) is 10.8. The summed E-state index contributed by atoms with van der Waals surface area (Å²) in [7, 11) is 1.90. The molecule has 2 N–H and O–H groups in total. The minimum Gasteiger partial charge on any atom is -0.323 e. The van der Waals surface area contributed by atoms with Crippen LogP contribution in [0.25, 0.3) is 22.0 Å². The van der Waals surface area contributed by atoms with Gasteiger partial charge in [0.05, 0.1) is 11.9 Å². The predicted octanol–water partition coefficient (Wildman–Crippen LogP) is 3.10. The third kappa shape index (κ3) is 2.20. The summed E-state index contributed by atoms with van der Waals surface area (Å²) >= 11 is 0. The van der Waals surface area contributed by atoms with Gasteiger partial charge in [-0.2, -0.15) is 10.2 Å². The number of hydrogen-bond donors (Lipinski definition) is 2. The SMILES string of the molecule is Cn1cc(-c2nc(Nc3cc[nH]n3)cc3ccccc23)cn1. The van der Waals surface area contributed by atoms with Gasteiger partial charge >= 0.3 is 0 Å². The highest BCUT2D eigenvalue weighted by atomic mass is 15.2. The van der Waals surface area contributed by atoms with Crippen LogP contribution in [-0.4, -0.2) is 25.0 Å². The summed E-state index contributed by atoms with van der Waals surface area (Å²) in [5, 5.41) is 16.6. The van der Waals surface area contributed by atoms with E-state index in [4.69, 9.17) is 4.98 Å². The van der Waals surface area contributed by atoms with Gasteiger partial charge in [0.15, 0.2) is 5.82 Å². The summed E-state index contributed by atoms with van der Waals surface area (Å²) < 4.78 is 1.78. The molecule has 0 spiro atoms. The van der Waals surface area contributed by atoms with Gasteiger partial charge in [-0.25, -0.2) is 4.98 Å². The Labute approximate surface area is 126 Å². The van der Waals surface area contributed by atoms with Crippen molar-refractivity contribution in [2.45, 2.75) is 0 Å². The van der Waals surface area contributed by atoms with E-state index in [0.717, 1.165) is 33.7 Å². The van der Waals surface area contributed by atoms with Gasteiger partial charge < -0.3 is 5.32 Å². The van der Waals surface area contributed by atoms with Gasteiger partial charge in [0.25, 0.3) is 0 Å². The summed E-state index contributed by atoms with van der Waals surface area (Å²) in [5.41, 5.74) is 1.90. The number of nitrogens with one attached hydrogen (secondary N) is 2. The molecule has 0 aliphatic carbocycles. The van der Waals surface area contributed by atoms with E-state index in [0.29, 0.717) is 0 Å². The van der Waals surface area contributed by atoms with E-state index in [2.05, 4.69) is 32.7 Å². The molecule has 0 fully saturated rings. The van der Waals surface area contributed by atoms with Crippen LogP contribution in [0.5, 0.6) is 0 Å². The second-order valence-corrected chi connectivity index (χ2v) is 5.06. The van der Waals surface area contributed by atoms with E-state index in [9.17, 15) is 0 Å².